The Morgan fingerprint density at radius 3 is 2.46 bits per heavy atom. The molecule has 67 heavy (non-hydrogen) atoms. The molecule has 0 bridgehead atoms. The van der Waals surface area contributed by atoms with Gasteiger partial charge in [0, 0.05) is 61.1 Å². The van der Waals surface area contributed by atoms with Gasteiger partial charge in [-0.3, -0.25) is 19.8 Å². The molecule has 9 rings (SSSR count). The van der Waals surface area contributed by atoms with Crippen molar-refractivity contribution in [2.75, 3.05) is 36.4 Å². The quantitative estimate of drug-likeness (QED) is 0.0651. The van der Waals surface area contributed by atoms with Crippen molar-refractivity contribution in [2.24, 2.45) is 11.3 Å². The van der Waals surface area contributed by atoms with Gasteiger partial charge in [0.05, 0.1) is 21.6 Å². The second-order valence-corrected chi connectivity index (χ2v) is 21.0. The SMILES string of the molecule is CC(C)c1ccccc1[C@H]1CCCN1C1CC2(CCN(c3ccc(C(=O)NS(=O)(=O)c4ccc(NCC5CCC(O)(C(F)(F)F)CC5)c([N+](=O)[O-])c4)c(Oc4cnc5[nH]ccc5c4)c3)CC2)C1. The number of fused-ring (bicyclic) bond motifs is 1. The van der Waals surface area contributed by atoms with Crippen molar-refractivity contribution < 1.29 is 41.2 Å². The van der Waals surface area contributed by atoms with Crippen LogP contribution in [0.4, 0.5) is 30.2 Å². The van der Waals surface area contributed by atoms with E-state index in [0.29, 0.717) is 29.4 Å². The Morgan fingerprint density at radius 2 is 1.75 bits per heavy atom. The Morgan fingerprint density at radius 1 is 1.00 bits per heavy atom. The molecular formula is C49H56F3N7O7S. The number of nitro benzene ring substituents is 1. The topological polar surface area (TPSA) is 183 Å². The zero-order chi connectivity index (χ0) is 47.3. The number of nitrogens with zero attached hydrogens (tertiary/aromatic N) is 4. The number of nitrogens with one attached hydrogen (secondary N) is 3. The van der Waals surface area contributed by atoms with Gasteiger partial charge in [-0.05, 0) is 136 Å². The minimum absolute atomic E-state index is 0.0346. The van der Waals surface area contributed by atoms with Crippen LogP contribution < -0.4 is 19.7 Å². The van der Waals surface area contributed by atoms with Gasteiger partial charge in [0.2, 0.25) is 0 Å². The maximum absolute atomic E-state index is 14.0. The summed E-state index contributed by atoms with van der Waals surface area (Å²) in [5.41, 5.74) is 1.12. The smallest absolute Gasteiger partial charge is 0.417 e. The molecule has 4 fully saturated rings. The van der Waals surface area contributed by atoms with Gasteiger partial charge in [-0.1, -0.05) is 38.1 Å². The molecule has 2 saturated carbocycles. The Balaban J connectivity index is 0.885. The molecular weight excluding hydrogens is 888 g/mol. The van der Waals surface area contributed by atoms with Crippen LogP contribution in [-0.4, -0.2) is 83.2 Å². The standard InChI is InChI=1S/C49H56F3N7O7S/c1-31(2)38-6-3-4-7-39(38)42-8-5-21-58(42)35-27-47(28-35)18-22-57(23-19-47)34-9-11-40(44(25-34)66-36-24-33-15-20-53-45(33)55-30-36)46(60)56-67(64,65)37-10-12-41(43(26-37)59(62)63)54-29-32-13-16-48(61,17-14-32)49(50,51)52/h3-4,6-7,9-12,15,20,24-26,30-32,35,42,54,61H,5,8,13-14,16-19,21-23,27-29H2,1-2H3,(H,53,55)(H,56,60)/t32?,42-,48?/m1/s1. The molecule has 1 spiro atoms. The Bertz CT molecular complexity index is 2760. The molecule has 5 aromatic rings. The number of piperidine rings is 1. The van der Waals surface area contributed by atoms with Gasteiger partial charge in [-0.25, -0.2) is 18.1 Å². The number of likely N-dealkylation sites (tertiary alicyclic amines) is 1. The highest BCUT2D eigenvalue weighted by Gasteiger charge is 2.54. The van der Waals surface area contributed by atoms with Gasteiger partial charge in [-0.2, -0.15) is 13.2 Å². The molecule has 4 N–H and O–H groups in total. The van der Waals surface area contributed by atoms with E-state index in [-0.39, 0.29) is 47.7 Å². The molecule has 18 heteroatoms. The normalized spacial score (nSPS) is 22.5. The van der Waals surface area contributed by atoms with Crippen LogP contribution in [0.25, 0.3) is 11.0 Å². The van der Waals surface area contributed by atoms with E-state index >= 15 is 0 Å². The lowest BCUT2D eigenvalue weighted by molar-refractivity contribution is -0.384. The summed E-state index contributed by atoms with van der Waals surface area (Å²) in [6.45, 7) is 7.33. The number of amides is 1. The van der Waals surface area contributed by atoms with Gasteiger partial charge >= 0.3 is 6.18 Å². The fraction of sp³-hybridized carbons (Fsp3) is 0.469. The summed E-state index contributed by atoms with van der Waals surface area (Å²) in [5, 5.41) is 25.8. The number of halogens is 3. The number of anilines is 2. The van der Waals surface area contributed by atoms with Crippen molar-refractivity contribution in [1.29, 1.82) is 0 Å². The number of carbonyl (C=O) groups excluding carboxylic acids is 1. The van der Waals surface area contributed by atoms with Crippen LogP contribution in [0.15, 0.2) is 90.1 Å². The Labute approximate surface area is 387 Å². The number of nitro groups is 1. The minimum atomic E-state index is -4.76. The lowest BCUT2D eigenvalue weighted by Crippen LogP contribution is -2.54. The summed E-state index contributed by atoms with van der Waals surface area (Å²) in [6, 6.07) is 21.6. The summed E-state index contributed by atoms with van der Waals surface area (Å²) >= 11 is 0. The number of pyridine rings is 1. The molecule has 14 nitrogen and oxygen atoms in total. The van der Waals surface area contributed by atoms with E-state index in [2.05, 4.69) is 67.9 Å². The molecule has 0 radical (unpaired) electrons. The molecule has 2 aliphatic heterocycles. The predicted octanol–water partition coefficient (Wildman–Crippen LogP) is 9.99. The number of rotatable bonds is 13. The van der Waals surface area contributed by atoms with Crippen LogP contribution in [0, 0.1) is 21.4 Å². The minimum Gasteiger partial charge on any atom is -0.455 e. The van der Waals surface area contributed by atoms with Crippen LogP contribution in [-0.2, 0) is 10.0 Å². The summed E-state index contributed by atoms with van der Waals surface area (Å²) in [6.07, 6.45) is 4.32. The third-order valence-electron chi connectivity index (χ3n) is 14.8. The highest BCUT2D eigenvalue weighted by Crippen LogP contribution is 2.54. The Kier molecular flexibility index (Phi) is 12.5. The number of aromatic amines is 1. The molecule has 356 valence electrons. The molecule has 2 aliphatic carbocycles. The van der Waals surface area contributed by atoms with Crippen molar-refractivity contribution in [3.8, 4) is 11.5 Å². The lowest BCUT2D eigenvalue weighted by Gasteiger charge is -2.56. The average Bonchev–Trinajstić information content (AvgIpc) is 3.98. The largest absolute Gasteiger partial charge is 0.455 e. The number of hydrogen-bond acceptors (Lipinski definition) is 11. The second kappa shape index (κ2) is 18.1. The zero-order valence-electron chi connectivity index (χ0n) is 37.5. The summed E-state index contributed by atoms with van der Waals surface area (Å²) in [7, 11) is -4.68. The number of benzene rings is 3. The van der Waals surface area contributed by atoms with Gasteiger partial charge in [0.15, 0.2) is 5.60 Å². The Hall–Kier alpha value is -5.72. The molecule has 1 amide bonds. The monoisotopic (exact) mass is 943 g/mol. The van der Waals surface area contributed by atoms with E-state index < -0.39 is 56.1 Å². The molecule has 4 aliphatic rings. The van der Waals surface area contributed by atoms with E-state index in [1.807, 2.05) is 6.07 Å². The fourth-order valence-corrected chi connectivity index (χ4v) is 11.9. The number of sulfonamides is 1. The number of ether oxygens (including phenoxy) is 1. The van der Waals surface area contributed by atoms with Gasteiger partial charge in [0.25, 0.3) is 21.6 Å². The molecule has 3 aromatic carbocycles. The molecule has 0 unspecified atom stereocenters. The first-order chi connectivity index (χ1) is 31.9. The van der Waals surface area contributed by atoms with Crippen molar-refractivity contribution >= 4 is 44.0 Å². The summed E-state index contributed by atoms with van der Waals surface area (Å²) < 4.78 is 75.7. The number of alkyl halides is 3. The molecule has 4 heterocycles. The van der Waals surface area contributed by atoms with Crippen LogP contribution >= 0.6 is 0 Å². The van der Waals surface area contributed by atoms with Crippen molar-refractivity contribution in [3.05, 3.63) is 112 Å². The van der Waals surface area contributed by atoms with E-state index in [1.165, 1.54) is 55.1 Å². The highest BCUT2D eigenvalue weighted by molar-refractivity contribution is 7.90. The number of aromatic nitrogens is 2. The summed E-state index contributed by atoms with van der Waals surface area (Å²) in [4.78, 5) is 37.2. The van der Waals surface area contributed by atoms with Crippen molar-refractivity contribution in [3.63, 3.8) is 0 Å². The van der Waals surface area contributed by atoms with E-state index in [0.717, 1.165) is 55.7 Å². The number of carbonyl (C=O) groups is 1. The van der Waals surface area contributed by atoms with Crippen LogP contribution in [0.2, 0.25) is 0 Å². The van der Waals surface area contributed by atoms with Crippen molar-refractivity contribution in [1.82, 2.24) is 19.6 Å². The molecule has 2 saturated heterocycles. The third-order valence-corrected chi connectivity index (χ3v) is 16.2. The number of aliphatic hydroxyl groups is 1. The van der Waals surface area contributed by atoms with E-state index in [1.54, 1.807) is 24.4 Å². The first-order valence-corrected chi connectivity index (χ1v) is 24.6. The zero-order valence-corrected chi connectivity index (χ0v) is 38.3. The van der Waals surface area contributed by atoms with Gasteiger partial charge in [-0.15, -0.1) is 0 Å². The average molecular weight is 944 g/mol. The van der Waals surface area contributed by atoms with Crippen LogP contribution in [0.3, 0.4) is 0 Å². The van der Waals surface area contributed by atoms with Crippen molar-refractivity contribution in [2.45, 2.75) is 113 Å². The van der Waals surface area contributed by atoms with Gasteiger partial charge in [0.1, 0.15) is 22.8 Å². The van der Waals surface area contributed by atoms with E-state index in [4.69, 9.17) is 4.74 Å². The van der Waals surface area contributed by atoms with Crippen LogP contribution in [0.5, 0.6) is 11.5 Å². The van der Waals surface area contributed by atoms with Gasteiger partial charge < -0.3 is 25.0 Å². The van der Waals surface area contributed by atoms with E-state index in [9.17, 15) is 41.6 Å². The second-order valence-electron chi connectivity index (χ2n) is 19.3. The molecule has 1 atom stereocenters. The first kappa shape index (κ1) is 46.4. The lowest BCUT2D eigenvalue weighted by atomic mass is 9.59. The number of H-pyrrole nitrogens is 1. The third kappa shape index (κ3) is 9.44. The first-order valence-electron chi connectivity index (χ1n) is 23.1. The van der Waals surface area contributed by atoms with Crippen LogP contribution in [0.1, 0.15) is 112 Å². The maximum Gasteiger partial charge on any atom is 0.417 e. The highest BCUT2D eigenvalue weighted by atomic mass is 32.2. The predicted molar refractivity (Wildman–Crippen MR) is 248 cm³/mol. The molecule has 2 aromatic heterocycles. The number of hydrogen-bond donors (Lipinski definition) is 4. The summed E-state index contributed by atoms with van der Waals surface area (Å²) in [5.74, 6) is -0.455. The maximum atomic E-state index is 14.0. The fourth-order valence-electron chi connectivity index (χ4n) is 10.9.